The van der Waals surface area contributed by atoms with Gasteiger partial charge in [0.05, 0.1) is 18.6 Å². The number of methoxy groups -OCH3 is 1. The first kappa shape index (κ1) is 20.3. The Balaban J connectivity index is 2.22. The highest BCUT2D eigenvalue weighted by Crippen LogP contribution is 2.35. The maximum Gasteiger partial charge on any atom is 0.326 e. The molecule has 0 aromatic heterocycles. The van der Waals surface area contributed by atoms with Gasteiger partial charge in [0.1, 0.15) is 10.4 Å². The van der Waals surface area contributed by atoms with E-state index < -0.39 is 17.9 Å². The van der Waals surface area contributed by atoms with Gasteiger partial charge in [0.2, 0.25) is 0 Å². The van der Waals surface area contributed by atoms with Crippen LogP contribution in [0.25, 0.3) is 6.08 Å². The average molecular weight is 396 g/mol. The van der Waals surface area contributed by atoms with Crippen molar-refractivity contribution >= 4 is 46.3 Å². The van der Waals surface area contributed by atoms with Crippen LogP contribution in [0.1, 0.15) is 32.3 Å². The topological polar surface area (TPSA) is 76.1 Å². The first-order valence-corrected chi connectivity index (χ1v) is 9.42. The number of rotatable bonds is 8. The van der Waals surface area contributed by atoms with Crippen molar-refractivity contribution in [1.29, 1.82) is 0 Å². The fourth-order valence-corrected chi connectivity index (χ4v) is 3.71. The van der Waals surface area contributed by atoms with E-state index in [2.05, 4.69) is 6.92 Å². The van der Waals surface area contributed by atoms with Crippen LogP contribution in [-0.2, 0) is 9.59 Å². The van der Waals surface area contributed by atoms with Crippen molar-refractivity contribution in [2.45, 2.75) is 32.7 Å². The van der Waals surface area contributed by atoms with Crippen LogP contribution in [0.15, 0.2) is 23.1 Å². The summed E-state index contributed by atoms with van der Waals surface area (Å²) in [5.41, 5.74) is 0.744. The van der Waals surface area contributed by atoms with Crippen molar-refractivity contribution in [3.05, 3.63) is 28.7 Å². The van der Waals surface area contributed by atoms with Crippen molar-refractivity contribution < 1.29 is 24.2 Å². The van der Waals surface area contributed by atoms with E-state index in [1.807, 2.05) is 6.07 Å². The molecule has 1 aromatic carbocycles. The fraction of sp³-hybridized carbons (Fsp3) is 0.389. The zero-order chi connectivity index (χ0) is 19.3. The number of aliphatic carboxylic acids is 1. The third-order valence-corrected chi connectivity index (χ3v) is 5.14. The van der Waals surface area contributed by atoms with Crippen molar-refractivity contribution in [3.63, 3.8) is 0 Å². The Morgan fingerprint density at radius 1 is 1.42 bits per heavy atom. The Bertz CT molecular complexity index is 747. The van der Waals surface area contributed by atoms with Gasteiger partial charge in [-0.2, -0.15) is 0 Å². The molecule has 0 saturated carbocycles. The molecule has 1 heterocycles. The number of thiocarbonyl (C=S) groups is 1. The van der Waals surface area contributed by atoms with Crippen LogP contribution in [0.2, 0.25) is 0 Å². The van der Waals surface area contributed by atoms with Crippen LogP contribution in [0.5, 0.6) is 11.5 Å². The first-order chi connectivity index (χ1) is 12.4. The van der Waals surface area contributed by atoms with Gasteiger partial charge in [-0.15, -0.1) is 0 Å². The Hall–Kier alpha value is -2.06. The molecule has 1 aliphatic heterocycles. The van der Waals surface area contributed by atoms with Crippen molar-refractivity contribution in [3.8, 4) is 11.5 Å². The molecule has 1 aromatic rings. The molecule has 0 spiro atoms. The minimum Gasteiger partial charge on any atom is -0.493 e. The normalized spacial score (nSPS) is 16.9. The summed E-state index contributed by atoms with van der Waals surface area (Å²) >= 11 is 6.24. The molecule has 0 unspecified atom stereocenters. The number of hydrogen-bond acceptors (Lipinski definition) is 6. The maximum absolute atomic E-state index is 12.5. The summed E-state index contributed by atoms with van der Waals surface area (Å²) < 4.78 is 11.3. The van der Waals surface area contributed by atoms with Gasteiger partial charge in [0.25, 0.3) is 5.91 Å². The molecule has 2 rings (SSSR count). The number of carboxylic acid groups (broad SMARTS) is 1. The van der Waals surface area contributed by atoms with Gasteiger partial charge < -0.3 is 14.6 Å². The minimum absolute atomic E-state index is 0.239. The number of amides is 1. The molecular weight excluding hydrogens is 374 g/mol. The predicted octanol–water partition coefficient (Wildman–Crippen LogP) is 3.55. The van der Waals surface area contributed by atoms with E-state index in [4.69, 9.17) is 26.8 Å². The Morgan fingerprint density at radius 3 is 2.77 bits per heavy atom. The monoisotopic (exact) mass is 395 g/mol. The molecule has 1 saturated heterocycles. The first-order valence-electron chi connectivity index (χ1n) is 8.19. The summed E-state index contributed by atoms with van der Waals surface area (Å²) in [5, 5.41) is 9.13. The summed E-state index contributed by atoms with van der Waals surface area (Å²) in [7, 11) is 1.56. The Kier molecular flexibility index (Phi) is 7.05. The molecule has 1 N–H and O–H groups in total. The van der Waals surface area contributed by atoms with Gasteiger partial charge in [-0.05, 0) is 37.1 Å². The van der Waals surface area contributed by atoms with E-state index in [0.29, 0.717) is 23.0 Å². The molecule has 0 aliphatic carbocycles. The number of hydrogen-bond donors (Lipinski definition) is 1. The van der Waals surface area contributed by atoms with E-state index in [1.165, 1.54) is 6.92 Å². The standard InChI is InChI=1S/C18H21NO5S2/c1-4-5-8-24-13-7-6-12(9-14(13)23-3)10-15-16(20)19(18(25)26-15)11(2)17(21)22/h6-7,9-11H,4-5,8H2,1-3H3,(H,21,22)/b15-10+/t11-/m1/s1. The van der Waals surface area contributed by atoms with E-state index in [-0.39, 0.29) is 4.32 Å². The Labute approximate surface area is 162 Å². The number of carbonyl (C=O) groups is 2. The quantitative estimate of drug-likeness (QED) is 0.410. The van der Waals surface area contributed by atoms with Crippen LogP contribution in [-0.4, -0.2) is 46.0 Å². The minimum atomic E-state index is -1.10. The molecule has 8 heteroatoms. The van der Waals surface area contributed by atoms with Gasteiger partial charge >= 0.3 is 5.97 Å². The highest BCUT2D eigenvalue weighted by molar-refractivity contribution is 8.26. The van der Waals surface area contributed by atoms with Crippen LogP contribution >= 0.6 is 24.0 Å². The second kappa shape index (κ2) is 9.05. The fourth-order valence-electron chi connectivity index (χ4n) is 2.30. The molecule has 6 nitrogen and oxygen atoms in total. The third-order valence-electron chi connectivity index (χ3n) is 3.81. The van der Waals surface area contributed by atoms with Crippen LogP contribution in [0, 0.1) is 0 Å². The second-order valence-electron chi connectivity index (χ2n) is 5.68. The molecule has 0 radical (unpaired) electrons. The number of unbranched alkanes of at least 4 members (excludes halogenated alkanes) is 1. The lowest BCUT2D eigenvalue weighted by Crippen LogP contribution is -2.41. The number of benzene rings is 1. The number of thioether (sulfide) groups is 1. The molecule has 1 aliphatic rings. The van der Waals surface area contributed by atoms with Crippen LogP contribution in [0.3, 0.4) is 0 Å². The van der Waals surface area contributed by atoms with Crippen molar-refractivity contribution in [2.75, 3.05) is 13.7 Å². The maximum atomic E-state index is 12.5. The van der Waals surface area contributed by atoms with Gasteiger partial charge in [-0.25, -0.2) is 4.79 Å². The number of carboxylic acids is 1. The summed E-state index contributed by atoms with van der Waals surface area (Å²) in [5.74, 6) is -0.288. The van der Waals surface area contributed by atoms with Crippen molar-refractivity contribution in [2.24, 2.45) is 0 Å². The summed E-state index contributed by atoms with van der Waals surface area (Å²) in [4.78, 5) is 25.1. The zero-order valence-electron chi connectivity index (χ0n) is 14.9. The highest BCUT2D eigenvalue weighted by Gasteiger charge is 2.38. The molecular formula is C18H21NO5S2. The zero-order valence-corrected chi connectivity index (χ0v) is 16.5. The van der Waals surface area contributed by atoms with E-state index >= 15 is 0 Å². The second-order valence-corrected chi connectivity index (χ2v) is 7.35. The lowest BCUT2D eigenvalue weighted by molar-refractivity contribution is -0.144. The van der Waals surface area contributed by atoms with Gasteiger partial charge in [-0.3, -0.25) is 9.69 Å². The smallest absolute Gasteiger partial charge is 0.326 e. The third kappa shape index (κ3) is 4.56. The lowest BCUT2D eigenvalue weighted by Gasteiger charge is -2.18. The van der Waals surface area contributed by atoms with E-state index in [9.17, 15) is 9.59 Å². The van der Waals surface area contributed by atoms with Gasteiger partial charge in [-0.1, -0.05) is 43.4 Å². The molecule has 1 amide bonds. The molecule has 1 fully saturated rings. The number of carbonyl (C=O) groups excluding carboxylic acids is 1. The van der Waals surface area contributed by atoms with Gasteiger partial charge in [0, 0.05) is 0 Å². The predicted molar refractivity (Wildman–Crippen MR) is 106 cm³/mol. The molecule has 26 heavy (non-hydrogen) atoms. The molecule has 1 atom stereocenters. The van der Waals surface area contributed by atoms with E-state index in [1.54, 1.807) is 25.3 Å². The largest absolute Gasteiger partial charge is 0.493 e. The number of ether oxygens (including phenoxy) is 2. The summed E-state index contributed by atoms with van der Waals surface area (Å²) in [6.07, 6.45) is 3.67. The summed E-state index contributed by atoms with van der Waals surface area (Å²) in [6, 6.07) is 4.38. The summed E-state index contributed by atoms with van der Waals surface area (Å²) in [6.45, 7) is 4.13. The van der Waals surface area contributed by atoms with Gasteiger partial charge in [0.15, 0.2) is 11.5 Å². The average Bonchev–Trinajstić information content (AvgIpc) is 2.88. The SMILES string of the molecule is CCCCOc1ccc(/C=C2/SC(=S)N([C@H](C)C(=O)O)C2=O)cc1OC. The van der Waals surface area contributed by atoms with E-state index in [0.717, 1.165) is 35.1 Å². The lowest BCUT2D eigenvalue weighted by atomic mass is 10.1. The van der Waals surface area contributed by atoms with Crippen LogP contribution in [0.4, 0.5) is 0 Å². The number of nitrogens with zero attached hydrogens (tertiary/aromatic N) is 1. The molecule has 0 bridgehead atoms. The highest BCUT2D eigenvalue weighted by atomic mass is 32.2. The molecule has 140 valence electrons. The Morgan fingerprint density at radius 2 is 2.15 bits per heavy atom. The van der Waals surface area contributed by atoms with Crippen LogP contribution < -0.4 is 9.47 Å². The van der Waals surface area contributed by atoms with Crippen molar-refractivity contribution in [1.82, 2.24) is 4.90 Å².